The number of ketones is 1. The standard InChI is InChI=1S/C96H138N10O27.4H2/c1-57(2)80(103-75(109)31-36-121-40-42-123-44-46-125-48-50-127-52-53-128-51-49-126-47-45-124-43-41-122-38-33-98-74(108)29-34-105-76(110)55-69(93(105)118)95(11,12)13)92(117)102-71(22-19-32-99-94(97)119)91(116)100-67-25-23-66(24-26-67)56-106(15,16)35-39-129-68-27-28-70-73(54-68)132-88-81(101-70)77-78-84(112)64(9)87-79(77)89(114)96(14,133-87)130-37-30-72(120-17)63(8)86(131-65(10)107)62(7)60(5)61(6)83(111)58(3)20-18-21-59(4)90(115)104-82(88)85(78)113;;;;/h18,20-21,23-28,30,37,54,57-58,60-63,69,71-72,80,83,86,111H,19,22,29,31-36,38-53,55-56H2,1-17H3,(H8-,97,98,99,100,101,102,103,104,108,109,112,113,114,115,116,117,119);4*1H/p+1/b20-18+,37-30+,59-21-;;;;/t58-,60+,61-,62+,63+,69?,71-,72-,80-,83-,86-,96-;;;;/m0..../s1. The van der Waals surface area contributed by atoms with Gasteiger partial charge in [0.2, 0.25) is 35.4 Å². The molecular weight excluding hydrogens is 1730 g/mol. The predicted molar refractivity (Wildman–Crippen MR) is 503 cm³/mol. The zero-order valence-corrected chi connectivity index (χ0v) is 80.0. The monoisotopic (exact) mass is 1870 g/mol. The molecule has 10 N–H and O–H groups in total. The number of amides is 9. The van der Waals surface area contributed by atoms with Gasteiger partial charge in [0.25, 0.3) is 11.7 Å². The molecule has 37 heteroatoms. The molecule has 4 bridgehead atoms. The van der Waals surface area contributed by atoms with E-state index in [9.17, 15) is 58.2 Å². The highest BCUT2D eigenvalue weighted by atomic mass is 16.7. The van der Waals surface area contributed by atoms with Crippen LogP contribution < -0.4 is 52.5 Å². The summed E-state index contributed by atoms with van der Waals surface area (Å²) in [5, 5.41) is 40.2. The molecule has 3 aliphatic rings. The van der Waals surface area contributed by atoms with Gasteiger partial charge in [0.1, 0.15) is 66.1 Å². The van der Waals surface area contributed by atoms with Gasteiger partial charge in [-0.15, -0.1) is 0 Å². The molecule has 0 radical (unpaired) electrons. The molecule has 1 aromatic heterocycles. The minimum absolute atomic E-state index is 0. The number of nitrogens with two attached hydrogens (primary N) is 1. The Labute approximate surface area is 783 Å². The molecule has 9 amide bonds. The molecule has 133 heavy (non-hydrogen) atoms. The van der Waals surface area contributed by atoms with Crippen LogP contribution in [-0.4, -0.2) is 280 Å². The number of nitrogens with zero attached hydrogens (tertiary/aromatic N) is 3. The maximum atomic E-state index is 15.1. The first-order valence-corrected chi connectivity index (χ1v) is 45.6. The molecule has 0 spiro atoms. The SMILES string of the molecule is CO[C@H]1/C=C/O[C@@]2(C)Oc3c(C)c(=O)c4c(O)c(c5oc6cc(OCC[N+](C)(C)Cc7ccc(NC(=O)[C@H](CCCNC(N)=O)NC(=O)[C@@H](NC(=O)CCOCCOCCOCCOCCOCCOCCOCCOCCNC(=O)CCN8C(=O)CC(C(C)(C)C)C8=O)C(C)C)cc7)ccc6nc5c4c3C2=O)NC(=O)/C(C)=C\C=C\[C@H](C)[C@H](O)[C@@H](C)[C@@H](C)[C@@H](C)[C@H](OC(C)=O)[C@@H]1C.[HH].[HH].[HH].[HH]. The highest BCUT2D eigenvalue weighted by Gasteiger charge is 2.50. The maximum absolute atomic E-state index is 15.1. The molecule has 5 aromatic rings. The number of esters is 1. The van der Waals surface area contributed by atoms with E-state index in [0.29, 0.717) is 121 Å². The number of phenolic OH excluding ortho intramolecular Hbond substituents is 1. The van der Waals surface area contributed by atoms with Crippen LogP contribution in [0.4, 0.5) is 16.2 Å². The van der Waals surface area contributed by atoms with Crippen LogP contribution in [0.5, 0.6) is 17.2 Å². The van der Waals surface area contributed by atoms with Crippen LogP contribution in [0.25, 0.3) is 33.0 Å². The van der Waals surface area contributed by atoms with E-state index in [4.69, 9.17) is 76.7 Å². The van der Waals surface area contributed by atoms with Gasteiger partial charge in [0.05, 0.1) is 155 Å². The Hall–Kier alpha value is -10.6. The third kappa shape index (κ3) is 31.5. The third-order valence-electron chi connectivity index (χ3n) is 24.0. The van der Waals surface area contributed by atoms with Crippen LogP contribution in [0.3, 0.4) is 0 Å². The zero-order chi connectivity index (χ0) is 97.4. The van der Waals surface area contributed by atoms with Gasteiger partial charge in [-0.05, 0) is 86.1 Å². The van der Waals surface area contributed by atoms with Crippen molar-refractivity contribution >= 4 is 103 Å². The second kappa shape index (κ2) is 51.8. The van der Waals surface area contributed by atoms with Crippen LogP contribution in [0.1, 0.15) is 149 Å². The zero-order valence-electron chi connectivity index (χ0n) is 80.0. The summed E-state index contributed by atoms with van der Waals surface area (Å²) in [5.41, 5.74) is 5.40. The van der Waals surface area contributed by atoms with Gasteiger partial charge >= 0.3 is 17.8 Å². The summed E-state index contributed by atoms with van der Waals surface area (Å²) in [6.45, 7) is 31.4. The van der Waals surface area contributed by atoms with Gasteiger partial charge in [-0.2, -0.15) is 0 Å². The van der Waals surface area contributed by atoms with Gasteiger partial charge in [-0.1, -0.05) is 99.6 Å². The van der Waals surface area contributed by atoms with Crippen molar-refractivity contribution in [3.8, 4) is 17.2 Å². The summed E-state index contributed by atoms with van der Waals surface area (Å²) < 4.78 is 82.3. The number of likely N-dealkylation sites (tertiary alicyclic amines) is 1. The van der Waals surface area contributed by atoms with Crippen molar-refractivity contribution in [2.24, 2.45) is 52.6 Å². The van der Waals surface area contributed by atoms with E-state index in [-0.39, 0.29) is 191 Å². The number of aliphatic hydroxyl groups is 1. The number of likely N-dealkylation sites (N-methyl/N-ethyl adjacent to an activating group) is 1. The van der Waals surface area contributed by atoms with Crippen molar-refractivity contribution in [2.75, 3.05) is 170 Å². The van der Waals surface area contributed by atoms with Crippen LogP contribution in [-0.2, 0) is 97.0 Å². The molecule has 3 aliphatic heterocycles. The molecule has 37 nitrogen and oxygen atoms in total. The lowest BCUT2D eigenvalue weighted by Gasteiger charge is -2.39. The number of hydrogen-bond acceptors (Lipinski definition) is 28. The van der Waals surface area contributed by atoms with Gasteiger partial charge in [-0.3, -0.25) is 52.8 Å². The summed E-state index contributed by atoms with van der Waals surface area (Å²) in [4.78, 5) is 153. The Kier molecular flexibility index (Phi) is 41.9. The Morgan fingerprint density at radius 3 is 1.90 bits per heavy atom. The number of allylic oxidation sites excluding steroid dienone is 2. The summed E-state index contributed by atoms with van der Waals surface area (Å²) in [5.74, 6) is -9.25. The number of aliphatic hydroxyl groups excluding tert-OH is 1. The van der Waals surface area contributed by atoms with Crippen molar-refractivity contribution < 1.29 is 134 Å². The minimum atomic E-state index is -2.09. The van der Waals surface area contributed by atoms with E-state index >= 15 is 4.79 Å². The quantitative estimate of drug-likeness (QED) is 0.00333. The molecular formula is C96H147N10O27+. The van der Waals surface area contributed by atoms with Crippen molar-refractivity contribution in [1.29, 1.82) is 0 Å². The summed E-state index contributed by atoms with van der Waals surface area (Å²) >= 11 is 0. The molecule has 8 rings (SSSR count). The van der Waals surface area contributed by atoms with Gasteiger partial charge < -0.3 is 118 Å². The van der Waals surface area contributed by atoms with E-state index < -0.39 is 101 Å². The second-order valence-corrected chi connectivity index (χ2v) is 36.1. The van der Waals surface area contributed by atoms with Gasteiger partial charge in [0, 0.05) is 111 Å². The number of carbonyl (C=O) groups excluding carboxylic acids is 10. The number of primary amides is 1. The summed E-state index contributed by atoms with van der Waals surface area (Å²) in [6, 6.07) is 9.26. The van der Waals surface area contributed by atoms with Crippen molar-refractivity contribution in [3.05, 3.63) is 106 Å². The second-order valence-electron chi connectivity index (χ2n) is 36.1. The fraction of sp³-hybridized carbons (Fsp3) is 0.604. The number of hydrogen-bond donors (Lipinski definition) is 9. The molecule has 0 aliphatic carbocycles. The molecule has 1 saturated heterocycles. The number of fused-ring (bicyclic) bond motifs is 2. The number of imide groups is 1. The highest BCUT2D eigenvalue weighted by molar-refractivity contribution is 6.26. The smallest absolute Gasteiger partial charge is 0.312 e. The number of carbonyl (C=O) groups is 10. The first-order valence-electron chi connectivity index (χ1n) is 45.6. The first-order chi connectivity index (χ1) is 63.2. The van der Waals surface area contributed by atoms with Gasteiger partial charge in [0.15, 0.2) is 22.3 Å². The topological polar surface area (TPSA) is 476 Å². The Balaban J connectivity index is 0.00000980. The lowest BCUT2D eigenvalue weighted by molar-refractivity contribution is -0.903. The van der Waals surface area contributed by atoms with Crippen LogP contribution in [0.2, 0.25) is 0 Å². The van der Waals surface area contributed by atoms with Crippen LogP contribution in [0, 0.1) is 53.8 Å². The van der Waals surface area contributed by atoms with E-state index in [2.05, 4.69) is 31.9 Å². The van der Waals surface area contributed by atoms with Crippen LogP contribution in [0.15, 0.2) is 87.8 Å². The lowest BCUT2D eigenvalue weighted by atomic mass is 9.73. The number of benzene rings is 4. The molecule has 4 aromatic carbocycles. The Morgan fingerprint density at radius 1 is 0.729 bits per heavy atom. The predicted octanol–water partition coefficient (Wildman–Crippen LogP) is 9.38. The largest absolute Gasteiger partial charge is 0.505 e. The van der Waals surface area contributed by atoms with E-state index in [0.717, 1.165) is 5.56 Å². The maximum Gasteiger partial charge on any atom is 0.312 e. The number of nitrogens with one attached hydrogen (secondary N) is 6. The molecule has 1 unspecified atom stereocenters. The summed E-state index contributed by atoms with van der Waals surface area (Å²) in [7, 11) is 5.52. The lowest BCUT2D eigenvalue weighted by Crippen LogP contribution is -2.54. The average molecular weight is 1870 g/mol. The summed E-state index contributed by atoms with van der Waals surface area (Å²) in [6.07, 6.45) is 5.99. The average Bonchev–Trinajstić information content (AvgIpc) is 1.59. The van der Waals surface area contributed by atoms with E-state index in [1.807, 2.05) is 81.6 Å². The van der Waals surface area contributed by atoms with Crippen LogP contribution >= 0.6 is 0 Å². The number of phenols is 1. The molecule has 4 heterocycles. The van der Waals surface area contributed by atoms with E-state index in [1.165, 1.54) is 39.0 Å². The number of quaternary nitrogens is 1. The van der Waals surface area contributed by atoms with Gasteiger partial charge in [-0.25, -0.2) is 9.78 Å². The number of rotatable bonds is 48. The first kappa shape index (κ1) is 108. The Bertz CT molecular complexity index is 4980. The van der Waals surface area contributed by atoms with E-state index in [1.54, 1.807) is 75.4 Å². The number of methoxy groups -OCH3 is 1. The minimum Gasteiger partial charge on any atom is -0.505 e. The molecule has 1 fully saturated rings. The third-order valence-corrected chi connectivity index (χ3v) is 24.0. The van der Waals surface area contributed by atoms with Crippen molar-refractivity contribution in [3.63, 3.8) is 0 Å². The molecule has 12 atom stereocenters. The number of ether oxygens (including phenoxy) is 13. The number of aromatic hydroxyl groups is 1. The normalized spacial score (nSPS) is 21.7. The fourth-order valence-electron chi connectivity index (χ4n) is 15.8. The number of anilines is 2. The highest BCUT2D eigenvalue weighted by Crippen LogP contribution is 2.49. The number of urea groups is 1. The molecule has 0 saturated carbocycles. The van der Waals surface area contributed by atoms with Crippen molar-refractivity contribution in [2.45, 2.75) is 172 Å². The fourth-order valence-corrected chi connectivity index (χ4v) is 15.8. The molecule has 742 valence electrons. The Morgan fingerprint density at radius 2 is 1.33 bits per heavy atom. The number of Topliss-reactive ketones (excluding diaryl/α,β-unsaturated/α-hetero) is 1. The number of aromatic nitrogens is 1. The van der Waals surface area contributed by atoms with Crippen molar-refractivity contribution in [1.82, 2.24) is 31.2 Å².